The molecule has 0 saturated heterocycles. The Balaban J connectivity index is 3.93. The molecule has 0 aliphatic heterocycles. The molecule has 10 heavy (non-hydrogen) atoms. The number of rotatable bonds is 4. The van der Waals surface area contributed by atoms with Gasteiger partial charge in [0.2, 0.25) is 6.41 Å². The minimum Gasteiger partial charge on any atom is -0.394 e. The van der Waals surface area contributed by atoms with Crippen LogP contribution in [0.5, 0.6) is 0 Å². The number of carbonyl (C=O) groups excluding carboxylic acids is 1. The van der Waals surface area contributed by atoms with Gasteiger partial charge in [0.25, 0.3) is 0 Å². The molecular formula is C7H12N2O. The van der Waals surface area contributed by atoms with Crippen LogP contribution in [0.15, 0.2) is 24.0 Å². The van der Waals surface area contributed by atoms with Gasteiger partial charge in [0.15, 0.2) is 0 Å². The van der Waals surface area contributed by atoms with Crippen LogP contribution in [0, 0.1) is 0 Å². The van der Waals surface area contributed by atoms with Gasteiger partial charge < -0.3 is 10.6 Å². The van der Waals surface area contributed by atoms with Crippen LogP contribution in [0.4, 0.5) is 0 Å². The molecule has 3 heteroatoms. The molecule has 0 spiro atoms. The lowest BCUT2D eigenvalue weighted by Gasteiger charge is -2.02. The fourth-order valence-electron chi connectivity index (χ4n) is 0.489. The van der Waals surface area contributed by atoms with Gasteiger partial charge in [0.1, 0.15) is 0 Å². The normalized spacial score (nSPS) is 10.4. The first-order chi connectivity index (χ1) is 4.72. The summed E-state index contributed by atoms with van der Waals surface area (Å²) in [5, 5.41) is 5.27. The summed E-state index contributed by atoms with van der Waals surface area (Å²) >= 11 is 0. The molecule has 0 aromatic rings. The van der Waals surface area contributed by atoms with E-state index in [1.807, 2.05) is 6.92 Å². The molecule has 0 heterocycles. The highest BCUT2D eigenvalue weighted by molar-refractivity contribution is 5.52. The molecule has 0 aromatic carbocycles. The molecule has 2 N–H and O–H groups in total. The smallest absolute Gasteiger partial charge is 0.211 e. The lowest BCUT2D eigenvalue weighted by atomic mass is 10.2. The van der Waals surface area contributed by atoms with Crippen LogP contribution in [0.2, 0.25) is 0 Å². The number of nitrogens with one attached hydrogen (secondary N) is 2. The summed E-state index contributed by atoms with van der Waals surface area (Å²) < 4.78 is 0. The SMILES string of the molecule is C=C(NC=O)/C(C)=C\NC. The molecule has 0 aliphatic carbocycles. The first kappa shape index (κ1) is 8.75. The Labute approximate surface area is 60.8 Å². The van der Waals surface area contributed by atoms with Crippen molar-refractivity contribution in [1.29, 1.82) is 0 Å². The zero-order valence-corrected chi connectivity index (χ0v) is 6.27. The topological polar surface area (TPSA) is 41.1 Å². The fraction of sp³-hybridized carbons (Fsp3) is 0.286. The zero-order valence-electron chi connectivity index (χ0n) is 6.27. The van der Waals surface area contributed by atoms with E-state index in [9.17, 15) is 4.79 Å². The fourth-order valence-corrected chi connectivity index (χ4v) is 0.489. The van der Waals surface area contributed by atoms with Gasteiger partial charge >= 0.3 is 0 Å². The summed E-state index contributed by atoms with van der Waals surface area (Å²) in [6, 6.07) is 0. The van der Waals surface area contributed by atoms with Crippen molar-refractivity contribution in [2.24, 2.45) is 0 Å². The second kappa shape index (κ2) is 4.61. The quantitative estimate of drug-likeness (QED) is 0.437. The van der Waals surface area contributed by atoms with Crippen molar-refractivity contribution in [2.75, 3.05) is 7.05 Å². The third kappa shape index (κ3) is 2.91. The van der Waals surface area contributed by atoms with Crippen molar-refractivity contribution in [3.05, 3.63) is 24.0 Å². The van der Waals surface area contributed by atoms with Crippen LogP contribution in [0.1, 0.15) is 6.92 Å². The number of amides is 1. The van der Waals surface area contributed by atoms with Crippen LogP contribution in [0.25, 0.3) is 0 Å². The monoisotopic (exact) mass is 140 g/mol. The van der Waals surface area contributed by atoms with Gasteiger partial charge in [0.05, 0.1) is 0 Å². The maximum Gasteiger partial charge on any atom is 0.211 e. The molecule has 0 rings (SSSR count). The van der Waals surface area contributed by atoms with E-state index < -0.39 is 0 Å². The van der Waals surface area contributed by atoms with Gasteiger partial charge in [-0.3, -0.25) is 4.79 Å². The highest BCUT2D eigenvalue weighted by atomic mass is 16.1. The largest absolute Gasteiger partial charge is 0.394 e. The molecule has 0 saturated carbocycles. The molecule has 0 aliphatic rings. The predicted molar refractivity (Wildman–Crippen MR) is 41.2 cm³/mol. The molecule has 0 radical (unpaired) electrons. The van der Waals surface area contributed by atoms with E-state index in [0.29, 0.717) is 12.1 Å². The zero-order chi connectivity index (χ0) is 7.98. The standard InChI is InChI=1S/C7H12N2O/c1-6(4-8-3)7(2)9-5-10/h4-5,8H,2H2,1,3H3,(H,9,10)/b6-4-. The van der Waals surface area contributed by atoms with E-state index in [4.69, 9.17) is 0 Å². The van der Waals surface area contributed by atoms with E-state index in [1.54, 1.807) is 13.2 Å². The molecule has 0 bridgehead atoms. The Morgan fingerprint density at radius 3 is 2.60 bits per heavy atom. The Kier molecular flexibility index (Phi) is 4.04. The van der Waals surface area contributed by atoms with Crippen LogP contribution in [0.3, 0.4) is 0 Å². The number of allylic oxidation sites excluding steroid dienone is 1. The summed E-state index contributed by atoms with van der Waals surface area (Å²) in [5.41, 5.74) is 1.53. The van der Waals surface area contributed by atoms with Gasteiger partial charge in [-0.05, 0) is 12.5 Å². The maximum atomic E-state index is 9.90. The maximum absolute atomic E-state index is 9.90. The molecule has 3 nitrogen and oxygen atoms in total. The molecular weight excluding hydrogens is 128 g/mol. The van der Waals surface area contributed by atoms with Gasteiger partial charge in [-0.2, -0.15) is 0 Å². The van der Waals surface area contributed by atoms with Crippen molar-refractivity contribution < 1.29 is 4.79 Å². The van der Waals surface area contributed by atoms with E-state index in [1.165, 1.54) is 0 Å². The molecule has 0 unspecified atom stereocenters. The highest BCUT2D eigenvalue weighted by Gasteiger charge is 1.91. The Morgan fingerprint density at radius 1 is 1.60 bits per heavy atom. The van der Waals surface area contributed by atoms with Gasteiger partial charge in [-0.25, -0.2) is 0 Å². The minimum absolute atomic E-state index is 0.606. The average Bonchev–Trinajstić information content (AvgIpc) is 1.89. The second-order valence-corrected chi connectivity index (χ2v) is 1.86. The van der Waals surface area contributed by atoms with E-state index >= 15 is 0 Å². The van der Waals surface area contributed by atoms with Crippen molar-refractivity contribution >= 4 is 6.41 Å². The summed E-state index contributed by atoms with van der Waals surface area (Å²) in [4.78, 5) is 9.90. The molecule has 0 atom stereocenters. The van der Waals surface area contributed by atoms with E-state index in [-0.39, 0.29) is 0 Å². The minimum atomic E-state index is 0.606. The van der Waals surface area contributed by atoms with Gasteiger partial charge in [-0.1, -0.05) is 6.58 Å². The van der Waals surface area contributed by atoms with Crippen molar-refractivity contribution in [2.45, 2.75) is 6.92 Å². The van der Waals surface area contributed by atoms with Gasteiger partial charge in [-0.15, -0.1) is 0 Å². The van der Waals surface area contributed by atoms with Crippen molar-refractivity contribution in [3.63, 3.8) is 0 Å². The Morgan fingerprint density at radius 2 is 2.20 bits per heavy atom. The third-order valence-electron chi connectivity index (χ3n) is 1.07. The van der Waals surface area contributed by atoms with Crippen LogP contribution in [-0.2, 0) is 4.79 Å². The van der Waals surface area contributed by atoms with Gasteiger partial charge in [0, 0.05) is 18.9 Å². The average molecular weight is 140 g/mol. The van der Waals surface area contributed by atoms with Crippen LogP contribution >= 0.6 is 0 Å². The lowest BCUT2D eigenvalue weighted by molar-refractivity contribution is -0.108. The summed E-state index contributed by atoms with van der Waals surface area (Å²) in [7, 11) is 1.79. The second-order valence-electron chi connectivity index (χ2n) is 1.86. The number of hydrogen-bond acceptors (Lipinski definition) is 2. The van der Waals surface area contributed by atoms with E-state index in [2.05, 4.69) is 17.2 Å². The van der Waals surface area contributed by atoms with Crippen molar-refractivity contribution in [3.8, 4) is 0 Å². The summed E-state index contributed by atoms with van der Waals surface area (Å²) in [6.45, 7) is 5.47. The lowest BCUT2D eigenvalue weighted by Crippen LogP contribution is -2.11. The van der Waals surface area contributed by atoms with Crippen LogP contribution < -0.4 is 10.6 Å². The molecule has 0 aromatic heterocycles. The molecule has 1 amide bonds. The molecule has 0 fully saturated rings. The van der Waals surface area contributed by atoms with Crippen LogP contribution in [-0.4, -0.2) is 13.5 Å². The number of carbonyl (C=O) groups is 1. The first-order valence-corrected chi connectivity index (χ1v) is 2.96. The molecule has 56 valence electrons. The predicted octanol–water partition coefficient (Wildman–Crippen LogP) is 0.369. The summed E-state index contributed by atoms with van der Waals surface area (Å²) in [6.07, 6.45) is 2.37. The Bertz CT molecular complexity index is 161. The highest BCUT2D eigenvalue weighted by Crippen LogP contribution is 1.98. The third-order valence-corrected chi connectivity index (χ3v) is 1.07. The van der Waals surface area contributed by atoms with Crippen molar-refractivity contribution in [1.82, 2.24) is 10.6 Å². The first-order valence-electron chi connectivity index (χ1n) is 2.96. The van der Waals surface area contributed by atoms with E-state index in [0.717, 1.165) is 5.57 Å². The summed E-state index contributed by atoms with van der Waals surface area (Å²) in [5.74, 6) is 0. The Hall–Kier alpha value is -1.25. The number of hydrogen-bond donors (Lipinski definition) is 2.